The largest absolute Gasteiger partial charge is 0.484 e. The summed E-state index contributed by atoms with van der Waals surface area (Å²) in [5.41, 5.74) is 1.94. The van der Waals surface area contributed by atoms with E-state index < -0.39 is 5.97 Å². The number of rotatable bonds is 7. The van der Waals surface area contributed by atoms with E-state index in [0.717, 1.165) is 6.42 Å². The number of hydrogen-bond acceptors (Lipinski definition) is 4. The lowest BCUT2D eigenvalue weighted by Crippen LogP contribution is -2.20. The molecule has 0 aromatic heterocycles. The van der Waals surface area contributed by atoms with Crippen molar-refractivity contribution in [1.82, 2.24) is 0 Å². The Bertz CT molecular complexity index is 744. The smallest absolute Gasteiger partial charge is 0.338 e. The molecule has 2 aromatic rings. The number of anilines is 1. The van der Waals surface area contributed by atoms with E-state index in [1.165, 1.54) is 11.6 Å². The minimum Gasteiger partial charge on any atom is -0.484 e. The van der Waals surface area contributed by atoms with Crippen LogP contribution in [0.25, 0.3) is 0 Å². The second-order valence-corrected chi connectivity index (χ2v) is 5.66. The van der Waals surface area contributed by atoms with Crippen LogP contribution in [-0.4, -0.2) is 25.1 Å². The highest BCUT2D eigenvalue weighted by Crippen LogP contribution is 2.23. The molecular weight excluding hydrogens is 342 g/mol. The maximum atomic E-state index is 12.0. The molecule has 0 aliphatic rings. The summed E-state index contributed by atoms with van der Waals surface area (Å²) >= 11 is 6.10. The summed E-state index contributed by atoms with van der Waals surface area (Å²) in [5, 5.41) is 2.91. The van der Waals surface area contributed by atoms with Gasteiger partial charge >= 0.3 is 5.97 Å². The van der Waals surface area contributed by atoms with Gasteiger partial charge in [-0.2, -0.15) is 0 Å². The molecule has 0 saturated heterocycles. The Labute approximate surface area is 151 Å². The van der Waals surface area contributed by atoms with Gasteiger partial charge in [-0.05, 0) is 49.2 Å². The van der Waals surface area contributed by atoms with Gasteiger partial charge in [0.2, 0.25) is 0 Å². The molecule has 2 aromatic carbocycles. The number of nitrogens with one attached hydrogen (secondary N) is 1. The third-order valence-corrected chi connectivity index (χ3v) is 3.77. The fraction of sp³-hybridized carbons (Fsp3) is 0.263. The zero-order chi connectivity index (χ0) is 18.2. The number of carbonyl (C=O) groups excluding carboxylic acids is 2. The molecule has 0 unspecified atom stereocenters. The van der Waals surface area contributed by atoms with Gasteiger partial charge in [-0.25, -0.2) is 4.79 Å². The van der Waals surface area contributed by atoms with Crippen LogP contribution in [0.4, 0.5) is 5.69 Å². The Morgan fingerprint density at radius 1 is 1.08 bits per heavy atom. The lowest BCUT2D eigenvalue weighted by Gasteiger charge is -2.10. The molecule has 0 bridgehead atoms. The monoisotopic (exact) mass is 361 g/mol. The SMILES string of the molecule is CCOC(=O)c1ccc(NC(=O)COc2ccc(CC)cc2)c(Cl)c1. The molecule has 0 heterocycles. The molecule has 0 spiro atoms. The Kier molecular flexibility index (Phi) is 6.83. The third-order valence-electron chi connectivity index (χ3n) is 3.46. The number of carbonyl (C=O) groups is 2. The Morgan fingerprint density at radius 3 is 2.40 bits per heavy atom. The highest BCUT2D eigenvalue weighted by atomic mass is 35.5. The van der Waals surface area contributed by atoms with Crippen molar-refractivity contribution >= 4 is 29.2 Å². The average molecular weight is 362 g/mol. The van der Waals surface area contributed by atoms with E-state index in [1.54, 1.807) is 19.1 Å². The summed E-state index contributed by atoms with van der Waals surface area (Å²) in [7, 11) is 0. The van der Waals surface area contributed by atoms with Crippen molar-refractivity contribution in [3.63, 3.8) is 0 Å². The van der Waals surface area contributed by atoms with Crippen molar-refractivity contribution in [2.24, 2.45) is 0 Å². The van der Waals surface area contributed by atoms with Crippen LogP contribution < -0.4 is 10.1 Å². The van der Waals surface area contributed by atoms with Crippen molar-refractivity contribution in [3.05, 3.63) is 58.6 Å². The Morgan fingerprint density at radius 2 is 1.80 bits per heavy atom. The second-order valence-electron chi connectivity index (χ2n) is 5.25. The summed E-state index contributed by atoms with van der Waals surface area (Å²) in [6.07, 6.45) is 0.945. The standard InChI is InChI=1S/C19H20ClNO4/c1-3-13-5-8-15(9-6-13)25-12-18(22)21-17-10-7-14(11-16(17)20)19(23)24-4-2/h5-11H,3-4,12H2,1-2H3,(H,21,22). The minimum absolute atomic E-state index is 0.137. The summed E-state index contributed by atoms with van der Waals surface area (Å²) in [5.74, 6) is -0.178. The van der Waals surface area contributed by atoms with Crippen molar-refractivity contribution < 1.29 is 19.1 Å². The fourth-order valence-corrected chi connectivity index (χ4v) is 2.34. The van der Waals surface area contributed by atoms with Crippen LogP contribution in [0.15, 0.2) is 42.5 Å². The Balaban J connectivity index is 1.92. The lowest BCUT2D eigenvalue weighted by molar-refractivity contribution is -0.118. The van der Waals surface area contributed by atoms with Gasteiger partial charge < -0.3 is 14.8 Å². The van der Waals surface area contributed by atoms with Crippen LogP contribution >= 0.6 is 11.6 Å². The van der Waals surface area contributed by atoms with Crippen LogP contribution in [0.1, 0.15) is 29.8 Å². The van der Waals surface area contributed by atoms with Crippen molar-refractivity contribution in [1.29, 1.82) is 0 Å². The second kappa shape index (κ2) is 9.08. The number of amides is 1. The van der Waals surface area contributed by atoms with Crippen LogP contribution in [0.2, 0.25) is 5.02 Å². The molecule has 0 atom stereocenters. The molecule has 5 nitrogen and oxygen atoms in total. The topological polar surface area (TPSA) is 64.6 Å². The number of esters is 1. The van der Waals surface area contributed by atoms with Gasteiger partial charge in [0.25, 0.3) is 5.91 Å². The summed E-state index contributed by atoms with van der Waals surface area (Å²) in [4.78, 5) is 23.6. The van der Waals surface area contributed by atoms with Crippen LogP contribution in [0.5, 0.6) is 5.75 Å². The van der Waals surface area contributed by atoms with E-state index in [2.05, 4.69) is 12.2 Å². The predicted octanol–water partition coefficient (Wildman–Crippen LogP) is 4.10. The molecule has 0 radical (unpaired) electrons. The summed E-state index contributed by atoms with van der Waals surface area (Å²) < 4.78 is 10.3. The predicted molar refractivity (Wildman–Crippen MR) is 97.4 cm³/mol. The normalized spacial score (nSPS) is 10.2. The zero-order valence-electron chi connectivity index (χ0n) is 14.2. The quantitative estimate of drug-likeness (QED) is 0.754. The van der Waals surface area contributed by atoms with Gasteiger partial charge in [0.1, 0.15) is 5.75 Å². The van der Waals surface area contributed by atoms with Crippen molar-refractivity contribution in [2.45, 2.75) is 20.3 Å². The first-order valence-corrected chi connectivity index (χ1v) is 8.39. The highest BCUT2D eigenvalue weighted by Gasteiger charge is 2.11. The molecule has 132 valence electrons. The van der Waals surface area contributed by atoms with Crippen LogP contribution in [0.3, 0.4) is 0 Å². The first-order chi connectivity index (χ1) is 12.0. The number of halogens is 1. The molecule has 25 heavy (non-hydrogen) atoms. The van der Waals surface area contributed by atoms with Crippen LogP contribution in [0, 0.1) is 0 Å². The van der Waals surface area contributed by atoms with E-state index in [4.69, 9.17) is 21.1 Å². The number of hydrogen-bond donors (Lipinski definition) is 1. The van der Waals surface area contributed by atoms with Gasteiger partial charge in [-0.15, -0.1) is 0 Å². The molecule has 0 saturated carbocycles. The van der Waals surface area contributed by atoms with E-state index in [0.29, 0.717) is 17.0 Å². The van der Waals surface area contributed by atoms with E-state index in [1.807, 2.05) is 24.3 Å². The first-order valence-electron chi connectivity index (χ1n) is 8.01. The molecule has 0 aliphatic carbocycles. The average Bonchev–Trinajstić information content (AvgIpc) is 2.62. The summed E-state index contributed by atoms with van der Waals surface area (Å²) in [6, 6.07) is 12.1. The summed E-state index contributed by atoms with van der Waals surface area (Å²) in [6.45, 7) is 3.94. The number of ether oxygens (including phenoxy) is 2. The van der Waals surface area contributed by atoms with E-state index in [-0.39, 0.29) is 24.1 Å². The van der Waals surface area contributed by atoms with Crippen molar-refractivity contribution in [3.8, 4) is 5.75 Å². The zero-order valence-corrected chi connectivity index (χ0v) is 14.9. The maximum Gasteiger partial charge on any atom is 0.338 e. The number of benzene rings is 2. The Hall–Kier alpha value is -2.53. The first kappa shape index (κ1) is 18.8. The molecule has 6 heteroatoms. The molecular formula is C19H20ClNO4. The third kappa shape index (κ3) is 5.50. The molecule has 2 rings (SSSR count). The lowest BCUT2D eigenvalue weighted by atomic mass is 10.2. The molecule has 0 aliphatic heterocycles. The number of aryl methyl sites for hydroxylation is 1. The van der Waals surface area contributed by atoms with Gasteiger partial charge in [0, 0.05) is 0 Å². The van der Waals surface area contributed by atoms with Crippen molar-refractivity contribution in [2.75, 3.05) is 18.5 Å². The van der Waals surface area contributed by atoms with E-state index in [9.17, 15) is 9.59 Å². The van der Waals surface area contributed by atoms with Gasteiger partial charge in [0.15, 0.2) is 6.61 Å². The fourth-order valence-electron chi connectivity index (χ4n) is 2.11. The minimum atomic E-state index is -0.457. The van der Waals surface area contributed by atoms with Gasteiger partial charge in [-0.1, -0.05) is 30.7 Å². The maximum absolute atomic E-state index is 12.0. The molecule has 1 N–H and O–H groups in total. The molecule has 1 amide bonds. The van der Waals surface area contributed by atoms with Gasteiger partial charge in [0.05, 0.1) is 22.9 Å². The van der Waals surface area contributed by atoms with Gasteiger partial charge in [-0.3, -0.25) is 4.79 Å². The van der Waals surface area contributed by atoms with E-state index >= 15 is 0 Å². The highest BCUT2D eigenvalue weighted by molar-refractivity contribution is 6.34. The molecule has 0 fully saturated rings. The van der Waals surface area contributed by atoms with Crippen LogP contribution in [-0.2, 0) is 16.0 Å².